The number of hydrogen-bond donors (Lipinski definition) is 0. The number of halogens is 2. The molecule has 1 aromatic rings. The van der Waals surface area contributed by atoms with Crippen LogP contribution in [0.2, 0.25) is 5.02 Å². The van der Waals surface area contributed by atoms with E-state index in [9.17, 15) is 0 Å². The van der Waals surface area contributed by atoms with Crippen LogP contribution in [0, 0.1) is 18.8 Å². The Morgan fingerprint density at radius 1 is 1.25 bits per heavy atom. The Kier molecular flexibility index (Phi) is 5.33. The molecule has 0 N–H and O–H groups in total. The highest BCUT2D eigenvalue weighted by molar-refractivity contribution is 9.09. The standard InChI is InChI=1S/C14H20BrCl/c1-9(2)13(11(4)15)8-12-6-5-10(3)7-14(12)16/h5-7,9,11,13H,8H2,1-4H3. The van der Waals surface area contributed by atoms with Gasteiger partial charge in [0, 0.05) is 9.85 Å². The Hall–Kier alpha value is -0.0100. The Labute approximate surface area is 113 Å². The summed E-state index contributed by atoms with van der Waals surface area (Å²) < 4.78 is 0. The van der Waals surface area contributed by atoms with Crippen molar-refractivity contribution >= 4 is 27.5 Å². The molecular weight excluding hydrogens is 284 g/mol. The van der Waals surface area contributed by atoms with E-state index in [1.165, 1.54) is 11.1 Å². The van der Waals surface area contributed by atoms with E-state index in [-0.39, 0.29) is 0 Å². The average Bonchev–Trinajstić information content (AvgIpc) is 2.15. The third-order valence-corrected chi connectivity index (χ3v) is 4.14. The summed E-state index contributed by atoms with van der Waals surface area (Å²) >= 11 is 9.96. The van der Waals surface area contributed by atoms with Crippen LogP contribution in [-0.2, 0) is 6.42 Å². The summed E-state index contributed by atoms with van der Waals surface area (Å²) in [4.78, 5) is 0.518. The maximum atomic E-state index is 6.27. The maximum Gasteiger partial charge on any atom is 0.0440 e. The SMILES string of the molecule is Cc1ccc(CC(C(C)C)C(C)Br)c(Cl)c1. The van der Waals surface area contributed by atoms with Crippen molar-refractivity contribution in [3.05, 3.63) is 34.3 Å². The zero-order valence-corrected chi connectivity index (χ0v) is 12.8. The van der Waals surface area contributed by atoms with Gasteiger partial charge in [-0.1, -0.05) is 60.4 Å². The van der Waals surface area contributed by atoms with E-state index in [2.05, 4.69) is 55.8 Å². The van der Waals surface area contributed by atoms with E-state index in [1.54, 1.807) is 0 Å². The van der Waals surface area contributed by atoms with E-state index in [0.29, 0.717) is 16.7 Å². The van der Waals surface area contributed by atoms with Crippen LogP contribution in [0.3, 0.4) is 0 Å². The summed E-state index contributed by atoms with van der Waals surface area (Å²) in [7, 11) is 0. The summed E-state index contributed by atoms with van der Waals surface area (Å²) in [6.45, 7) is 8.82. The predicted molar refractivity (Wildman–Crippen MR) is 76.6 cm³/mol. The number of benzene rings is 1. The minimum absolute atomic E-state index is 0.518. The predicted octanol–water partition coefficient (Wildman–Crippen LogP) is 5.25. The van der Waals surface area contributed by atoms with Crippen LogP contribution in [0.25, 0.3) is 0 Å². The second-order valence-corrected chi connectivity index (χ2v) is 6.74. The number of aryl methyl sites for hydroxylation is 1. The molecule has 2 heteroatoms. The molecule has 0 heterocycles. The Morgan fingerprint density at radius 3 is 2.31 bits per heavy atom. The molecule has 0 spiro atoms. The summed E-state index contributed by atoms with van der Waals surface area (Å²) in [5.74, 6) is 1.28. The van der Waals surface area contributed by atoms with Crippen molar-refractivity contribution in [3.8, 4) is 0 Å². The lowest BCUT2D eigenvalue weighted by Crippen LogP contribution is -2.20. The van der Waals surface area contributed by atoms with Crippen LogP contribution in [-0.4, -0.2) is 4.83 Å². The molecule has 0 bridgehead atoms. The van der Waals surface area contributed by atoms with Gasteiger partial charge in [-0.05, 0) is 42.4 Å². The molecule has 90 valence electrons. The molecular formula is C14H20BrCl. The van der Waals surface area contributed by atoms with Crippen LogP contribution < -0.4 is 0 Å². The van der Waals surface area contributed by atoms with E-state index in [0.717, 1.165) is 11.4 Å². The molecule has 0 radical (unpaired) electrons. The summed E-state index contributed by atoms with van der Waals surface area (Å²) in [5, 5.41) is 0.902. The lowest BCUT2D eigenvalue weighted by molar-refractivity contribution is 0.384. The van der Waals surface area contributed by atoms with Gasteiger partial charge in [-0.3, -0.25) is 0 Å². The molecule has 0 aliphatic carbocycles. The quantitative estimate of drug-likeness (QED) is 0.667. The second kappa shape index (κ2) is 6.07. The van der Waals surface area contributed by atoms with Crippen molar-refractivity contribution in [2.45, 2.75) is 38.9 Å². The van der Waals surface area contributed by atoms with Crippen molar-refractivity contribution in [2.75, 3.05) is 0 Å². The fraction of sp³-hybridized carbons (Fsp3) is 0.571. The molecule has 0 aromatic heterocycles. The third-order valence-electron chi connectivity index (χ3n) is 3.11. The van der Waals surface area contributed by atoms with Gasteiger partial charge < -0.3 is 0 Å². The van der Waals surface area contributed by atoms with Crippen LogP contribution in [0.1, 0.15) is 31.9 Å². The zero-order valence-electron chi connectivity index (χ0n) is 10.4. The second-order valence-electron chi connectivity index (χ2n) is 4.88. The number of alkyl halides is 1. The summed E-state index contributed by atoms with van der Waals surface area (Å²) in [6.07, 6.45) is 1.04. The zero-order chi connectivity index (χ0) is 12.3. The summed E-state index contributed by atoms with van der Waals surface area (Å²) in [6, 6.07) is 6.34. The lowest BCUT2D eigenvalue weighted by atomic mass is 9.87. The Balaban J connectivity index is 2.85. The molecule has 2 atom stereocenters. The van der Waals surface area contributed by atoms with E-state index in [4.69, 9.17) is 11.6 Å². The van der Waals surface area contributed by atoms with Crippen LogP contribution in [0.15, 0.2) is 18.2 Å². The molecule has 2 unspecified atom stereocenters. The van der Waals surface area contributed by atoms with Crippen LogP contribution in [0.5, 0.6) is 0 Å². The molecule has 1 aromatic carbocycles. The van der Waals surface area contributed by atoms with Crippen molar-refractivity contribution in [1.82, 2.24) is 0 Å². The number of hydrogen-bond acceptors (Lipinski definition) is 0. The Morgan fingerprint density at radius 2 is 1.88 bits per heavy atom. The highest BCUT2D eigenvalue weighted by Gasteiger charge is 2.20. The fourth-order valence-corrected chi connectivity index (χ4v) is 3.11. The van der Waals surface area contributed by atoms with Crippen molar-refractivity contribution < 1.29 is 0 Å². The molecule has 0 nitrogen and oxygen atoms in total. The third kappa shape index (κ3) is 3.78. The first-order valence-corrected chi connectivity index (χ1v) is 7.10. The van der Waals surface area contributed by atoms with Crippen molar-refractivity contribution in [1.29, 1.82) is 0 Å². The molecule has 0 aliphatic rings. The van der Waals surface area contributed by atoms with Crippen LogP contribution >= 0.6 is 27.5 Å². The highest BCUT2D eigenvalue weighted by atomic mass is 79.9. The minimum atomic E-state index is 0.518. The van der Waals surface area contributed by atoms with E-state index in [1.807, 2.05) is 6.07 Å². The fourth-order valence-electron chi connectivity index (χ4n) is 2.00. The largest absolute Gasteiger partial charge is 0.0890 e. The van der Waals surface area contributed by atoms with Crippen LogP contribution in [0.4, 0.5) is 0 Å². The normalized spacial score (nSPS) is 15.2. The number of rotatable bonds is 4. The molecule has 0 saturated carbocycles. The summed E-state index contributed by atoms with van der Waals surface area (Å²) in [5.41, 5.74) is 2.49. The van der Waals surface area contributed by atoms with Gasteiger partial charge in [-0.25, -0.2) is 0 Å². The van der Waals surface area contributed by atoms with Crippen molar-refractivity contribution in [2.24, 2.45) is 11.8 Å². The molecule has 0 saturated heterocycles. The average molecular weight is 304 g/mol. The van der Waals surface area contributed by atoms with Gasteiger partial charge in [-0.15, -0.1) is 0 Å². The Bertz CT molecular complexity index is 337. The van der Waals surface area contributed by atoms with Gasteiger partial charge in [0.05, 0.1) is 0 Å². The van der Waals surface area contributed by atoms with Gasteiger partial charge >= 0.3 is 0 Å². The molecule has 0 aliphatic heterocycles. The highest BCUT2D eigenvalue weighted by Crippen LogP contribution is 2.28. The molecule has 0 fully saturated rings. The van der Waals surface area contributed by atoms with Gasteiger partial charge in [-0.2, -0.15) is 0 Å². The van der Waals surface area contributed by atoms with Crippen molar-refractivity contribution in [3.63, 3.8) is 0 Å². The van der Waals surface area contributed by atoms with Gasteiger partial charge in [0.1, 0.15) is 0 Å². The molecule has 16 heavy (non-hydrogen) atoms. The molecule has 1 rings (SSSR count). The first-order valence-electron chi connectivity index (χ1n) is 5.81. The topological polar surface area (TPSA) is 0 Å². The van der Waals surface area contributed by atoms with Gasteiger partial charge in [0.25, 0.3) is 0 Å². The minimum Gasteiger partial charge on any atom is -0.0890 e. The van der Waals surface area contributed by atoms with Gasteiger partial charge in [0.2, 0.25) is 0 Å². The van der Waals surface area contributed by atoms with E-state index < -0.39 is 0 Å². The monoisotopic (exact) mass is 302 g/mol. The first-order chi connectivity index (χ1) is 7.41. The molecule has 0 amide bonds. The lowest BCUT2D eigenvalue weighted by Gasteiger charge is -2.24. The van der Waals surface area contributed by atoms with Gasteiger partial charge in [0.15, 0.2) is 0 Å². The maximum absolute atomic E-state index is 6.27. The first kappa shape index (κ1) is 14.1. The smallest absolute Gasteiger partial charge is 0.0440 e. The van der Waals surface area contributed by atoms with E-state index >= 15 is 0 Å².